The highest BCUT2D eigenvalue weighted by atomic mass is 16.6. The summed E-state index contributed by atoms with van der Waals surface area (Å²) in [6.45, 7) is 7.72. The lowest BCUT2D eigenvalue weighted by Crippen LogP contribution is -2.25. The monoisotopic (exact) mass is 435 g/mol. The van der Waals surface area contributed by atoms with Crippen molar-refractivity contribution in [2.75, 3.05) is 19.7 Å². The third-order valence-electron chi connectivity index (χ3n) is 5.44. The number of fused-ring (bicyclic) bond motifs is 1. The molecule has 0 fully saturated rings. The molecule has 0 radical (unpaired) electrons. The van der Waals surface area contributed by atoms with E-state index in [1.54, 1.807) is 5.48 Å². The molecule has 32 heavy (non-hydrogen) atoms. The van der Waals surface area contributed by atoms with Crippen LogP contribution in [0.5, 0.6) is 0 Å². The van der Waals surface area contributed by atoms with Crippen LogP contribution in [0.15, 0.2) is 60.7 Å². The van der Waals surface area contributed by atoms with E-state index in [9.17, 15) is 9.59 Å². The summed E-state index contributed by atoms with van der Waals surface area (Å²) >= 11 is 0. The van der Waals surface area contributed by atoms with Gasteiger partial charge in [0.15, 0.2) is 0 Å². The predicted octanol–water partition coefficient (Wildman–Crippen LogP) is 3.70. The summed E-state index contributed by atoms with van der Waals surface area (Å²) < 4.78 is 0. The fourth-order valence-corrected chi connectivity index (χ4v) is 3.49. The summed E-state index contributed by atoms with van der Waals surface area (Å²) in [5.41, 5.74) is 7.00. The molecule has 2 amide bonds. The van der Waals surface area contributed by atoms with E-state index in [0.717, 1.165) is 25.2 Å². The number of hydrogen-bond acceptors (Lipinski definition) is 5. The Kier molecular flexibility index (Phi) is 8.33. The average molecular weight is 436 g/mol. The minimum Gasteiger partial charge on any atom is -0.300 e. The number of amides is 2. The van der Waals surface area contributed by atoms with Gasteiger partial charge in [0, 0.05) is 17.7 Å². The quantitative estimate of drug-likeness (QED) is 0.257. The van der Waals surface area contributed by atoms with Crippen molar-refractivity contribution in [3.8, 4) is 0 Å². The Labute approximate surface area is 187 Å². The van der Waals surface area contributed by atoms with Crippen LogP contribution in [0, 0.1) is 0 Å². The Morgan fingerprint density at radius 2 is 1.41 bits per heavy atom. The van der Waals surface area contributed by atoms with E-state index in [-0.39, 0.29) is 5.56 Å². The molecule has 0 saturated heterocycles. The first-order valence-corrected chi connectivity index (χ1v) is 10.7. The molecule has 3 aromatic carbocycles. The number of rotatable bonds is 10. The molecule has 0 aliphatic carbocycles. The van der Waals surface area contributed by atoms with Gasteiger partial charge in [0.25, 0.3) is 11.8 Å². The third kappa shape index (κ3) is 6.13. The first kappa shape index (κ1) is 23.4. The van der Waals surface area contributed by atoms with Gasteiger partial charge in [0.05, 0.1) is 6.61 Å². The number of carbonyl (C=O) groups excluding carboxylic acids is 2. The SMILES string of the molecule is CCN(CC)Cc1ccc2cc(CCONC(=O)c3ccc(C(=O)NO)cc3)ccc2c1. The molecule has 0 atom stereocenters. The molecule has 0 aliphatic rings. The van der Waals surface area contributed by atoms with Crippen molar-refractivity contribution in [2.24, 2.45) is 0 Å². The van der Waals surface area contributed by atoms with Crippen molar-refractivity contribution in [1.29, 1.82) is 0 Å². The van der Waals surface area contributed by atoms with Gasteiger partial charge in [-0.1, -0.05) is 44.2 Å². The second-order valence-electron chi connectivity index (χ2n) is 7.53. The summed E-state index contributed by atoms with van der Waals surface area (Å²) in [7, 11) is 0. The Morgan fingerprint density at radius 1 is 0.844 bits per heavy atom. The lowest BCUT2D eigenvalue weighted by molar-refractivity contribution is 0.0324. The Hall–Kier alpha value is -3.26. The summed E-state index contributed by atoms with van der Waals surface area (Å²) in [6, 6.07) is 18.8. The van der Waals surface area contributed by atoms with E-state index < -0.39 is 11.8 Å². The van der Waals surface area contributed by atoms with Crippen molar-refractivity contribution < 1.29 is 19.6 Å². The minimum atomic E-state index is -0.635. The second kappa shape index (κ2) is 11.4. The van der Waals surface area contributed by atoms with Crippen LogP contribution in [0.3, 0.4) is 0 Å². The predicted molar refractivity (Wildman–Crippen MR) is 123 cm³/mol. The van der Waals surface area contributed by atoms with Gasteiger partial charge in [-0.15, -0.1) is 0 Å². The van der Waals surface area contributed by atoms with Gasteiger partial charge in [-0.3, -0.25) is 24.5 Å². The Balaban J connectivity index is 1.50. The number of carbonyl (C=O) groups is 2. The maximum Gasteiger partial charge on any atom is 0.274 e. The summed E-state index contributed by atoms with van der Waals surface area (Å²) in [5, 5.41) is 11.0. The Morgan fingerprint density at radius 3 is 2.00 bits per heavy atom. The number of hydrogen-bond donors (Lipinski definition) is 3. The zero-order chi connectivity index (χ0) is 22.9. The number of benzene rings is 3. The molecule has 7 nitrogen and oxygen atoms in total. The maximum atomic E-state index is 12.1. The van der Waals surface area contributed by atoms with Crippen molar-refractivity contribution in [3.05, 3.63) is 82.9 Å². The summed E-state index contributed by atoms with van der Waals surface area (Å²) in [6.07, 6.45) is 0.660. The minimum absolute atomic E-state index is 0.251. The molecule has 3 aromatic rings. The maximum absolute atomic E-state index is 12.1. The molecule has 0 bridgehead atoms. The third-order valence-corrected chi connectivity index (χ3v) is 5.44. The van der Waals surface area contributed by atoms with Gasteiger partial charge in [0.1, 0.15) is 0 Å². The zero-order valence-corrected chi connectivity index (χ0v) is 18.4. The summed E-state index contributed by atoms with van der Waals surface area (Å²) in [5.74, 6) is -1.04. The highest BCUT2D eigenvalue weighted by Gasteiger charge is 2.09. The van der Waals surface area contributed by atoms with Crippen molar-refractivity contribution in [1.82, 2.24) is 15.9 Å². The van der Waals surface area contributed by atoms with Crippen molar-refractivity contribution in [2.45, 2.75) is 26.8 Å². The van der Waals surface area contributed by atoms with Crippen LogP contribution in [0.25, 0.3) is 10.8 Å². The van der Waals surface area contributed by atoms with Crippen LogP contribution >= 0.6 is 0 Å². The molecule has 7 heteroatoms. The van der Waals surface area contributed by atoms with Crippen LogP contribution in [0.2, 0.25) is 0 Å². The molecular weight excluding hydrogens is 406 g/mol. The lowest BCUT2D eigenvalue weighted by atomic mass is 10.0. The molecule has 0 aromatic heterocycles. The summed E-state index contributed by atoms with van der Waals surface area (Å²) in [4.78, 5) is 31.2. The van der Waals surface area contributed by atoms with Crippen LogP contribution in [0.1, 0.15) is 45.7 Å². The number of nitrogens with one attached hydrogen (secondary N) is 2. The second-order valence-corrected chi connectivity index (χ2v) is 7.53. The van der Waals surface area contributed by atoms with E-state index in [0.29, 0.717) is 18.6 Å². The van der Waals surface area contributed by atoms with Gasteiger partial charge >= 0.3 is 0 Å². The number of hydroxylamine groups is 2. The number of nitrogens with zero attached hydrogens (tertiary/aromatic N) is 1. The molecule has 3 N–H and O–H groups in total. The van der Waals surface area contributed by atoms with Crippen LogP contribution in [-0.2, 0) is 17.8 Å². The molecule has 0 unspecified atom stereocenters. The van der Waals surface area contributed by atoms with E-state index in [2.05, 4.69) is 60.6 Å². The molecule has 168 valence electrons. The Bertz CT molecular complexity index is 1060. The van der Waals surface area contributed by atoms with E-state index in [1.807, 2.05) is 0 Å². The average Bonchev–Trinajstić information content (AvgIpc) is 2.84. The molecular formula is C25H29N3O4. The van der Waals surface area contributed by atoms with Crippen molar-refractivity contribution in [3.63, 3.8) is 0 Å². The fraction of sp³-hybridized carbons (Fsp3) is 0.280. The highest BCUT2D eigenvalue weighted by molar-refractivity contribution is 5.97. The van der Waals surface area contributed by atoms with Crippen LogP contribution in [0.4, 0.5) is 0 Å². The molecule has 3 rings (SSSR count). The molecule has 0 aliphatic heterocycles. The standard InChI is InChI=1S/C25H29N3O4/c1-3-28(4-2)17-19-6-8-22-15-18(5-7-23(22)16-19)13-14-32-27-25(30)21-11-9-20(10-12-21)24(29)26-31/h5-12,15-16,31H,3-4,13-14,17H2,1-2H3,(H,26,29)(H,27,30). The van der Waals surface area contributed by atoms with Gasteiger partial charge in [-0.05, 0) is 71.7 Å². The fourth-order valence-electron chi connectivity index (χ4n) is 3.49. The zero-order valence-electron chi connectivity index (χ0n) is 18.4. The smallest absolute Gasteiger partial charge is 0.274 e. The largest absolute Gasteiger partial charge is 0.300 e. The molecule has 0 spiro atoms. The normalized spacial score (nSPS) is 11.0. The van der Waals surface area contributed by atoms with E-state index >= 15 is 0 Å². The molecule has 0 saturated carbocycles. The van der Waals surface area contributed by atoms with Crippen LogP contribution in [-0.4, -0.2) is 41.6 Å². The lowest BCUT2D eigenvalue weighted by Gasteiger charge is -2.18. The van der Waals surface area contributed by atoms with Crippen molar-refractivity contribution >= 4 is 22.6 Å². The van der Waals surface area contributed by atoms with Gasteiger partial charge in [0.2, 0.25) is 0 Å². The van der Waals surface area contributed by atoms with Gasteiger partial charge in [-0.25, -0.2) is 11.0 Å². The molecule has 0 heterocycles. The van der Waals surface area contributed by atoms with E-state index in [1.165, 1.54) is 40.6 Å². The topological polar surface area (TPSA) is 90.9 Å². The van der Waals surface area contributed by atoms with Gasteiger partial charge in [-0.2, -0.15) is 0 Å². The highest BCUT2D eigenvalue weighted by Crippen LogP contribution is 2.19. The first-order chi connectivity index (χ1) is 15.5. The first-order valence-electron chi connectivity index (χ1n) is 10.7. The van der Waals surface area contributed by atoms with Crippen LogP contribution < -0.4 is 11.0 Å². The van der Waals surface area contributed by atoms with E-state index in [4.69, 9.17) is 10.0 Å². The van der Waals surface area contributed by atoms with Gasteiger partial charge < -0.3 is 0 Å².